The summed E-state index contributed by atoms with van der Waals surface area (Å²) >= 11 is 0. The van der Waals surface area contributed by atoms with Crippen molar-refractivity contribution in [1.82, 2.24) is 14.9 Å². The summed E-state index contributed by atoms with van der Waals surface area (Å²) in [5, 5.41) is 0. The summed E-state index contributed by atoms with van der Waals surface area (Å²) in [4.78, 5) is 11.5. The summed E-state index contributed by atoms with van der Waals surface area (Å²) < 4.78 is 0. The van der Waals surface area contributed by atoms with E-state index in [9.17, 15) is 0 Å². The van der Waals surface area contributed by atoms with Gasteiger partial charge in [0.2, 0.25) is 0 Å². The average Bonchev–Trinajstić information content (AvgIpc) is 2.63. The number of benzene rings is 2. The van der Waals surface area contributed by atoms with E-state index in [2.05, 4.69) is 58.2 Å². The van der Waals surface area contributed by atoms with Crippen molar-refractivity contribution < 1.29 is 0 Å². The lowest BCUT2D eigenvalue weighted by molar-refractivity contribution is 0.221. The minimum Gasteiger partial charge on any atom is -0.299 e. The Balaban J connectivity index is 1.65. The zero-order valence-corrected chi connectivity index (χ0v) is 14.2. The molecular weight excluding hydrogens is 294 g/mol. The van der Waals surface area contributed by atoms with Crippen molar-refractivity contribution in [1.29, 1.82) is 0 Å². The first-order valence-corrected chi connectivity index (χ1v) is 8.83. The minimum atomic E-state index is 0.967. The van der Waals surface area contributed by atoms with Gasteiger partial charge < -0.3 is 0 Å². The van der Waals surface area contributed by atoms with Crippen LogP contribution in [0.5, 0.6) is 0 Å². The highest BCUT2D eigenvalue weighted by atomic mass is 15.1. The molecule has 1 fully saturated rings. The van der Waals surface area contributed by atoms with Crippen molar-refractivity contribution in [3.8, 4) is 11.1 Å². The molecule has 0 saturated carbocycles. The lowest BCUT2D eigenvalue weighted by atomic mass is 9.99. The molecule has 3 aromatic rings. The first kappa shape index (κ1) is 15.3. The summed E-state index contributed by atoms with van der Waals surface area (Å²) in [6, 6.07) is 13.3. The van der Waals surface area contributed by atoms with Gasteiger partial charge in [-0.2, -0.15) is 0 Å². The van der Waals surface area contributed by atoms with Gasteiger partial charge in [0, 0.05) is 18.9 Å². The van der Waals surface area contributed by atoms with Gasteiger partial charge in [-0.25, -0.2) is 0 Å². The van der Waals surface area contributed by atoms with Gasteiger partial charge in [-0.05, 0) is 73.3 Å². The second-order valence-electron chi connectivity index (χ2n) is 6.75. The molecule has 0 spiro atoms. The van der Waals surface area contributed by atoms with Crippen molar-refractivity contribution >= 4 is 11.0 Å². The highest BCUT2D eigenvalue weighted by Gasteiger charge is 2.11. The third-order valence-corrected chi connectivity index (χ3v) is 4.88. The van der Waals surface area contributed by atoms with Crippen LogP contribution in [0.15, 0.2) is 48.8 Å². The normalized spacial score (nSPS) is 15.7. The van der Waals surface area contributed by atoms with Crippen LogP contribution in [0.25, 0.3) is 22.2 Å². The molecule has 2 heterocycles. The molecule has 0 bridgehead atoms. The molecule has 1 aliphatic heterocycles. The van der Waals surface area contributed by atoms with Crippen LogP contribution in [0.4, 0.5) is 0 Å². The van der Waals surface area contributed by atoms with Gasteiger partial charge in [0.25, 0.3) is 0 Å². The molecule has 24 heavy (non-hydrogen) atoms. The topological polar surface area (TPSA) is 29.0 Å². The molecule has 1 saturated heterocycles. The molecule has 4 rings (SSSR count). The molecule has 122 valence electrons. The number of fused-ring (bicyclic) bond motifs is 1. The van der Waals surface area contributed by atoms with E-state index in [1.165, 1.54) is 54.6 Å². The highest BCUT2D eigenvalue weighted by Crippen LogP contribution is 2.26. The Morgan fingerprint density at radius 2 is 1.75 bits per heavy atom. The molecule has 3 heteroatoms. The molecule has 0 aliphatic carbocycles. The monoisotopic (exact) mass is 317 g/mol. The summed E-state index contributed by atoms with van der Waals surface area (Å²) in [6.07, 6.45) is 7.57. The zero-order chi connectivity index (χ0) is 16.4. The van der Waals surface area contributed by atoms with Crippen LogP contribution in [0.1, 0.15) is 30.4 Å². The molecule has 1 aromatic heterocycles. The number of aryl methyl sites for hydroxylation is 1. The fraction of sp³-hybridized carbons (Fsp3) is 0.333. The molecule has 3 nitrogen and oxygen atoms in total. The van der Waals surface area contributed by atoms with Crippen molar-refractivity contribution in [2.75, 3.05) is 13.1 Å². The van der Waals surface area contributed by atoms with Crippen molar-refractivity contribution in [2.24, 2.45) is 0 Å². The van der Waals surface area contributed by atoms with E-state index in [1.807, 2.05) is 0 Å². The number of hydrogen-bond acceptors (Lipinski definition) is 3. The van der Waals surface area contributed by atoms with Gasteiger partial charge in [0.15, 0.2) is 0 Å². The maximum atomic E-state index is 4.47. The van der Waals surface area contributed by atoms with Crippen LogP contribution in [-0.4, -0.2) is 28.0 Å². The van der Waals surface area contributed by atoms with Crippen LogP contribution in [0, 0.1) is 6.92 Å². The van der Waals surface area contributed by atoms with Gasteiger partial charge in [-0.3, -0.25) is 14.9 Å². The van der Waals surface area contributed by atoms with Gasteiger partial charge >= 0.3 is 0 Å². The standard InChI is InChI=1S/C21H23N3/c1-16-12-19(14-20-21(16)23-9-8-22-20)18-7-5-6-17(13-18)15-24-10-3-2-4-11-24/h5-9,12-14H,2-4,10-11,15H2,1H3. The molecule has 1 aliphatic rings. The quantitative estimate of drug-likeness (QED) is 0.707. The summed E-state index contributed by atoms with van der Waals surface area (Å²) in [6.45, 7) is 5.63. The van der Waals surface area contributed by atoms with E-state index in [1.54, 1.807) is 12.4 Å². The van der Waals surface area contributed by atoms with E-state index in [-0.39, 0.29) is 0 Å². The Kier molecular flexibility index (Phi) is 4.26. The number of nitrogens with zero attached hydrogens (tertiary/aromatic N) is 3. The number of hydrogen-bond donors (Lipinski definition) is 0. The van der Waals surface area contributed by atoms with Crippen molar-refractivity contribution in [2.45, 2.75) is 32.7 Å². The summed E-state index contributed by atoms with van der Waals surface area (Å²) in [5.74, 6) is 0. The SMILES string of the molecule is Cc1cc(-c2cccc(CN3CCCCC3)c2)cc2nccnc12. The Labute approximate surface area is 143 Å². The van der Waals surface area contributed by atoms with Gasteiger partial charge in [-0.15, -0.1) is 0 Å². The Morgan fingerprint density at radius 1 is 0.917 bits per heavy atom. The van der Waals surface area contributed by atoms with Gasteiger partial charge in [-0.1, -0.05) is 24.6 Å². The second kappa shape index (κ2) is 6.70. The van der Waals surface area contributed by atoms with Crippen LogP contribution < -0.4 is 0 Å². The van der Waals surface area contributed by atoms with Crippen LogP contribution >= 0.6 is 0 Å². The van der Waals surface area contributed by atoms with E-state index in [0.29, 0.717) is 0 Å². The van der Waals surface area contributed by atoms with E-state index in [4.69, 9.17) is 0 Å². The maximum Gasteiger partial charge on any atom is 0.0916 e. The third-order valence-electron chi connectivity index (χ3n) is 4.88. The smallest absolute Gasteiger partial charge is 0.0916 e. The lowest BCUT2D eigenvalue weighted by Gasteiger charge is -2.26. The average molecular weight is 317 g/mol. The zero-order valence-electron chi connectivity index (χ0n) is 14.2. The maximum absolute atomic E-state index is 4.47. The number of likely N-dealkylation sites (tertiary alicyclic amines) is 1. The first-order chi connectivity index (χ1) is 11.8. The number of aromatic nitrogens is 2. The molecule has 0 unspecified atom stereocenters. The third kappa shape index (κ3) is 3.17. The predicted octanol–water partition coefficient (Wildman–Crippen LogP) is 4.59. The Bertz CT molecular complexity index is 851. The highest BCUT2D eigenvalue weighted by molar-refractivity contribution is 5.84. The van der Waals surface area contributed by atoms with Gasteiger partial charge in [0.1, 0.15) is 0 Å². The molecule has 0 atom stereocenters. The fourth-order valence-corrected chi connectivity index (χ4v) is 3.64. The van der Waals surface area contributed by atoms with Crippen molar-refractivity contribution in [3.05, 3.63) is 59.9 Å². The number of piperidine rings is 1. The molecule has 0 N–H and O–H groups in total. The summed E-state index contributed by atoms with van der Waals surface area (Å²) in [5.41, 5.74) is 7.02. The van der Waals surface area contributed by atoms with Crippen LogP contribution in [0.3, 0.4) is 0 Å². The lowest BCUT2D eigenvalue weighted by Crippen LogP contribution is -2.29. The van der Waals surface area contributed by atoms with E-state index < -0.39 is 0 Å². The minimum absolute atomic E-state index is 0.967. The Morgan fingerprint density at radius 3 is 2.62 bits per heavy atom. The largest absolute Gasteiger partial charge is 0.299 e. The number of rotatable bonds is 3. The fourth-order valence-electron chi connectivity index (χ4n) is 3.64. The molecule has 2 aromatic carbocycles. The first-order valence-electron chi connectivity index (χ1n) is 8.83. The predicted molar refractivity (Wildman–Crippen MR) is 98.8 cm³/mol. The van der Waals surface area contributed by atoms with Crippen molar-refractivity contribution in [3.63, 3.8) is 0 Å². The van der Waals surface area contributed by atoms with E-state index >= 15 is 0 Å². The van der Waals surface area contributed by atoms with Crippen LogP contribution in [0.2, 0.25) is 0 Å². The Hall–Kier alpha value is -2.26. The molecular formula is C21H23N3. The summed E-state index contributed by atoms with van der Waals surface area (Å²) in [7, 11) is 0. The van der Waals surface area contributed by atoms with Crippen LogP contribution in [-0.2, 0) is 6.54 Å². The van der Waals surface area contributed by atoms with E-state index in [0.717, 1.165) is 17.6 Å². The second-order valence-corrected chi connectivity index (χ2v) is 6.75. The van der Waals surface area contributed by atoms with Gasteiger partial charge in [0.05, 0.1) is 11.0 Å². The molecule has 0 amide bonds. The molecule has 0 radical (unpaired) electrons.